The number of benzene rings is 2. The quantitative estimate of drug-likeness (QED) is 0.480. The van der Waals surface area contributed by atoms with Gasteiger partial charge in [0, 0.05) is 17.7 Å². The summed E-state index contributed by atoms with van der Waals surface area (Å²) in [4.78, 5) is 21.8. The highest BCUT2D eigenvalue weighted by Crippen LogP contribution is 2.31. The maximum Gasteiger partial charge on any atom is 0.277 e. The molecule has 0 aliphatic rings. The molecule has 7 nitrogen and oxygen atoms in total. The number of nitrogens with one attached hydrogen (secondary N) is 1. The molecule has 1 amide bonds. The second-order valence-corrected chi connectivity index (χ2v) is 5.27. The van der Waals surface area contributed by atoms with Crippen molar-refractivity contribution in [1.29, 1.82) is 0 Å². The largest absolute Gasteiger partial charge is 0.482 e. The van der Waals surface area contributed by atoms with Gasteiger partial charge in [-0.3, -0.25) is 14.9 Å². The number of carbonyl (C=O) groups excluding carboxylic acids is 1. The number of hydrazone groups is 1. The number of amides is 1. The van der Waals surface area contributed by atoms with E-state index < -0.39 is 10.8 Å². The number of hydrogen-bond acceptors (Lipinski definition) is 5. The van der Waals surface area contributed by atoms with Gasteiger partial charge in [-0.05, 0) is 12.1 Å². The second-order valence-electron chi connectivity index (χ2n) is 4.49. The van der Waals surface area contributed by atoms with Crippen LogP contribution in [-0.4, -0.2) is 23.7 Å². The summed E-state index contributed by atoms with van der Waals surface area (Å²) in [6, 6.07) is 10.6. The number of nitro benzene ring substituents is 1. The van der Waals surface area contributed by atoms with E-state index >= 15 is 0 Å². The molecular formula is C15H11Cl2N3O4. The molecule has 0 aromatic heterocycles. The predicted octanol–water partition coefficient (Wildman–Crippen LogP) is 3.43. The molecule has 0 fully saturated rings. The molecule has 0 heterocycles. The van der Waals surface area contributed by atoms with Gasteiger partial charge in [-0.15, -0.1) is 0 Å². The van der Waals surface area contributed by atoms with Crippen molar-refractivity contribution in [2.24, 2.45) is 5.10 Å². The minimum absolute atomic E-state index is 0.0655. The van der Waals surface area contributed by atoms with Crippen LogP contribution in [0.3, 0.4) is 0 Å². The third-order valence-electron chi connectivity index (χ3n) is 2.76. The third-order valence-corrected chi connectivity index (χ3v) is 3.56. The number of nitrogens with zero attached hydrogens (tertiary/aromatic N) is 2. The average Bonchev–Trinajstić information content (AvgIpc) is 2.56. The van der Waals surface area contributed by atoms with Gasteiger partial charge in [0.2, 0.25) is 0 Å². The first-order valence-corrected chi connectivity index (χ1v) is 7.36. The van der Waals surface area contributed by atoms with Gasteiger partial charge < -0.3 is 4.74 Å². The summed E-state index contributed by atoms with van der Waals surface area (Å²) in [7, 11) is 0. The van der Waals surface area contributed by atoms with Gasteiger partial charge in [0.15, 0.2) is 6.61 Å². The summed E-state index contributed by atoms with van der Waals surface area (Å²) in [5.41, 5.74) is 2.65. The Labute approximate surface area is 147 Å². The molecule has 0 radical (unpaired) electrons. The normalized spacial score (nSPS) is 10.6. The van der Waals surface area contributed by atoms with Gasteiger partial charge >= 0.3 is 0 Å². The molecule has 0 saturated heterocycles. The van der Waals surface area contributed by atoms with E-state index in [1.807, 2.05) is 0 Å². The fourth-order valence-corrected chi connectivity index (χ4v) is 2.01. The Kier molecular flexibility index (Phi) is 6.11. The minimum atomic E-state index is -0.521. The van der Waals surface area contributed by atoms with Crippen molar-refractivity contribution in [3.63, 3.8) is 0 Å². The van der Waals surface area contributed by atoms with Crippen molar-refractivity contribution >= 4 is 41.0 Å². The van der Waals surface area contributed by atoms with Crippen molar-refractivity contribution in [3.05, 3.63) is 68.2 Å². The SMILES string of the molecule is O=C(COc1cccc(Cl)c1Cl)N/N=C\c1cccc([N+](=O)[O-])c1. The van der Waals surface area contributed by atoms with Crippen LogP contribution in [0.25, 0.3) is 0 Å². The first kappa shape index (κ1) is 17.7. The highest BCUT2D eigenvalue weighted by molar-refractivity contribution is 6.42. The Morgan fingerprint density at radius 2 is 2.04 bits per heavy atom. The average molecular weight is 368 g/mol. The summed E-state index contributed by atoms with van der Waals surface area (Å²) >= 11 is 11.8. The smallest absolute Gasteiger partial charge is 0.277 e. The number of hydrogen-bond donors (Lipinski definition) is 1. The number of carbonyl (C=O) groups is 1. The standard InChI is InChI=1S/C15H11Cl2N3O4/c16-12-5-2-6-13(15(12)17)24-9-14(21)19-18-8-10-3-1-4-11(7-10)20(22)23/h1-8H,9H2,(H,19,21)/b18-8-. The van der Waals surface area contributed by atoms with E-state index in [1.165, 1.54) is 24.4 Å². The zero-order valence-electron chi connectivity index (χ0n) is 12.1. The maximum atomic E-state index is 11.6. The number of nitro groups is 1. The zero-order valence-corrected chi connectivity index (χ0v) is 13.6. The molecule has 0 bridgehead atoms. The topological polar surface area (TPSA) is 93.8 Å². The summed E-state index contributed by atoms with van der Waals surface area (Å²) < 4.78 is 5.24. The van der Waals surface area contributed by atoms with Crippen LogP contribution in [-0.2, 0) is 4.79 Å². The van der Waals surface area contributed by atoms with Crippen LogP contribution in [0.2, 0.25) is 10.0 Å². The Balaban J connectivity index is 1.88. The van der Waals surface area contributed by atoms with Gasteiger partial charge in [-0.1, -0.05) is 41.4 Å². The highest BCUT2D eigenvalue weighted by atomic mass is 35.5. The Morgan fingerprint density at radius 3 is 2.79 bits per heavy atom. The lowest BCUT2D eigenvalue weighted by atomic mass is 10.2. The molecule has 1 N–H and O–H groups in total. The van der Waals surface area contributed by atoms with Crippen LogP contribution in [0, 0.1) is 10.1 Å². The number of ether oxygens (including phenoxy) is 1. The Morgan fingerprint density at radius 1 is 1.29 bits per heavy atom. The molecule has 124 valence electrons. The predicted molar refractivity (Wildman–Crippen MR) is 90.8 cm³/mol. The number of rotatable bonds is 6. The second kappa shape index (κ2) is 8.28. The summed E-state index contributed by atoms with van der Waals surface area (Å²) in [6.07, 6.45) is 1.29. The molecule has 0 unspecified atom stereocenters. The van der Waals surface area contributed by atoms with Crippen LogP contribution in [0.1, 0.15) is 5.56 Å². The molecule has 0 aliphatic carbocycles. The van der Waals surface area contributed by atoms with Gasteiger partial charge in [0.05, 0.1) is 16.2 Å². The summed E-state index contributed by atoms with van der Waals surface area (Å²) in [5, 5.41) is 14.9. The van der Waals surface area contributed by atoms with Crippen LogP contribution in [0.15, 0.2) is 47.6 Å². The minimum Gasteiger partial charge on any atom is -0.482 e. The lowest BCUT2D eigenvalue weighted by Crippen LogP contribution is -2.24. The van der Waals surface area contributed by atoms with E-state index in [1.54, 1.807) is 24.3 Å². The van der Waals surface area contributed by atoms with Crippen LogP contribution >= 0.6 is 23.2 Å². The van der Waals surface area contributed by atoms with Crippen molar-refractivity contribution < 1.29 is 14.5 Å². The van der Waals surface area contributed by atoms with E-state index in [-0.39, 0.29) is 23.1 Å². The van der Waals surface area contributed by atoms with Crippen molar-refractivity contribution in [2.45, 2.75) is 0 Å². The van der Waals surface area contributed by atoms with Gasteiger partial charge in [0.25, 0.3) is 11.6 Å². The monoisotopic (exact) mass is 367 g/mol. The van der Waals surface area contributed by atoms with Crippen molar-refractivity contribution in [3.8, 4) is 5.75 Å². The molecule has 2 rings (SSSR count). The van der Waals surface area contributed by atoms with E-state index in [2.05, 4.69) is 10.5 Å². The van der Waals surface area contributed by atoms with Crippen molar-refractivity contribution in [2.75, 3.05) is 6.61 Å². The lowest BCUT2D eigenvalue weighted by molar-refractivity contribution is -0.384. The first-order valence-electron chi connectivity index (χ1n) is 6.60. The fourth-order valence-electron chi connectivity index (χ4n) is 1.67. The molecule has 0 atom stereocenters. The molecule has 0 aliphatic heterocycles. The van der Waals surface area contributed by atoms with Crippen LogP contribution in [0.4, 0.5) is 5.69 Å². The molecule has 2 aromatic carbocycles. The van der Waals surface area contributed by atoms with Crippen molar-refractivity contribution in [1.82, 2.24) is 5.43 Å². The third kappa shape index (κ3) is 4.94. The Hall–Kier alpha value is -2.64. The highest BCUT2D eigenvalue weighted by Gasteiger charge is 2.08. The van der Waals surface area contributed by atoms with Gasteiger partial charge in [0.1, 0.15) is 10.8 Å². The van der Waals surface area contributed by atoms with Gasteiger partial charge in [-0.2, -0.15) is 5.10 Å². The number of non-ortho nitro benzene ring substituents is 1. The molecule has 9 heteroatoms. The number of halogens is 2. The zero-order chi connectivity index (χ0) is 17.5. The van der Waals surface area contributed by atoms with E-state index in [9.17, 15) is 14.9 Å². The first-order chi connectivity index (χ1) is 11.5. The molecule has 0 spiro atoms. The van der Waals surface area contributed by atoms with E-state index in [0.717, 1.165) is 0 Å². The van der Waals surface area contributed by atoms with E-state index in [0.29, 0.717) is 10.6 Å². The summed E-state index contributed by atoms with van der Waals surface area (Å²) in [5.74, 6) is -0.241. The molecule has 2 aromatic rings. The van der Waals surface area contributed by atoms with Crippen LogP contribution < -0.4 is 10.2 Å². The lowest BCUT2D eigenvalue weighted by Gasteiger charge is -2.07. The molecule has 24 heavy (non-hydrogen) atoms. The maximum absolute atomic E-state index is 11.6. The van der Waals surface area contributed by atoms with Gasteiger partial charge in [-0.25, -0.2) is 5.43 Å². The molecule has 0 saturated carbocycles. The Bertz CT molecular complexity index is 796. The fraction of sp³-hybridized carbons (Fsp3) is 0.0667. The van der Waals surface area contributed by atoms with E-state index in [4.69, 9.17) is 27.9 Å². The van der Waals surface area contributed by atoms with Crippen LogP contribution in [0.5, 0.6) is 5.75 Å². The summed E-state index contributed by atoms with van der Waals surface area (Å²) in [6.45, 7) is -0.313. The molecular weight excluding hydrogens is 357 g/mol.